The second-order valence-corrected chi connectivity index (χ2v) is 5.88. The summed E-state index contributed by atoms with van der Waals surface area (Å²) in [5.41, 5.74) is 5.52. The number of aromatic hydroxyl groups is 1. The number of benzene rings is 2. The third-order valence-electron chi connectivity index (χ3n) is 4.51. The maximum atomic E-state index is 10.2. The van der Waals surface area contributed by atoms with Crippen molar-refractivity contribution in [1.82, 2.24) is 9.97 Å². The number of aromatic nitrogens is 2. The molecule has 2 aromatic carbocycles. The first-order valence-corrected chi connectivity index (χ1v) is 7.83. The van der Waals surface area contributed by atoms with E-state index in [9.17, 15) is 5.11 Å². The highest BCUT2D eigenvalue weighted by Gasteiger charge is 2.24. The predicted octanol–water partition coefficient (Wildman–Crippen LogP) is 4.17. The summed E-state index contributed by atoms with van der Waals surface area (Å²) in [4.78, 5) is 13.9. The Morgan fingerprint density at radius 3 is 2.29 bits per heavy atom. The molecule has 0 aliphatic carbocycles. The fraction of sp³-hybridized carbons (Fsp3) is 0.0500. The number of fused-ring (bicyclic) bond motifs is 6. The molecular weight excluding hydrogens is 298 g/mol. The molecule has 0 atom stereocenters. The second-order valence-electron chi connectivity index (χ2n) is 5.88. The van der Waals surface area contributed by atoms with E-state index in [-0.39, 0.29) is 5.75 Å². The lowest BCUT2D eigenvalue weighted by Gasteiger charge is -2.08. The molecule has 2 aromatic heterocycles. The average Bonchev–Trinajstić information content (AvgIpc) is 3.08. The van der Waals surface area contributed by atoms with Crippen LogP contribution in [0.15, 0.2) is 65.9 Å². The molecule has 3 heterocycles. The van der Waals surface area contributed by atoms with E-state index in [0.717, 1.165) is 44.3 Å². The van der Waals surface area contributed by atoms with Crippen LogP contribution < -0.4 is 0 Å². The SMILES string of the molecule is Oc1ccccc1C1=Nc2c(c3cccnc3c3ncccc23)C1. The lowest BCUT2D eigenvalue weighted by Crippen LogP contribution is -2.01. The van der Waals surface area contributed by atoms with Gasteiger partial charge >= 0.3 is 0 Å². The minimum atomic E-state index is 0.258. The zero-order valence-corrected chi connectivity index (χ0v) is 12.8. The smallest absolute Gasteiger partial charge is 0.124 e. The van der Waals surface area contributed by atoms with Gasteiger partial charge < -0.3 is 5.11 Å². The van der Waals surface area contributed by atoms with Crippen molar-refractivity contribution in [2.24, 2.45) is 4.99 Å². The number of hydrogen-bond donors (Lipinski definition) is 1. The molecule has 0 saturated carbocycles. The summed E-state index contributed by atoms with van der Waals surface area (Å²) >= 11 is 0. The summed E-state index contributed by atoms with van der Waals surface area (Å²) in [5.74, 6) is 0.258. The number of pyridine rings is 2. The lowest BCUT2D eigenvalue weighted by atomic mass is 9.98. The van der Waals surface area contributed by atoms with Crippen molar-refractivity contribution in [2.75, 3.05) is 0 Å². The van der Waals surface area contributed by atoms with Gasteiger partial charge in [-0.3, -0.25) is 15.0 Å². The molecule has 0 bridgehead atoms. The number of hydrogen-bond acceptors (Lipinski definition) is 4. The van der Waals surface area contributed by atoms with Crippen LogP contribution in [0.2, 0.25) is 0 Å². The number of phenols is 1. The molecule has 0 amide bonds. The molecule has 24 heavy (non-hydrogen) atoms. The van der Waals surface area contributed by atoms with Crippen molar-refractivity contribution < 1.29 is 5.11 Å². The molecule has 0 saturated heterocycles. The van der Waals surface area contributed by atoms with E-state index in [4.69, 9.17) is 4.99 Å². The highest BCUT2D eigenvalue weighted by atomic mass is 16.3. The van der Waals surface area contributed by atoms with Crippen LogP contribution in [0, 0.1) is 0 Å². The Morgan fingerprint density at radius 1 is 0.792 bits per heavy atom. The van der Waals surface area contributed by atoms with E-state index in [0.29, 0.717) is 6.42 Å². The molecule has 4 heteroatoms. The summed E-state index contributed by atoms with van der Waals surface area (Å²) < 4.78 is 0. The van der Waals surface area contributed by atoms with Crippen LogP contribution in [0.4, 0.5) is 5.69 Å². The van der Waals surface area contributed by atoms with Crippen LogP contribution in [0.3, 0.4) is 0 Å². The third-order valence-corrected chi connectivity index (χ3v) is 4.51. The van der Waals surface area contributed by atoms with Crippen LogP contribution >= 0.6 is 0 Å². The Labute approximate surface area is 138 Å². The van der Waals surface area contributed by atoms with Crippen LogP contribution in [0.5, 0.6) is 5.75 Å². The third kappa shape index (κ3) is 1.77. The first kappa shape index (κ1) is 13.2. The maximum Gasteiger partial charge on any atom is 0.124 e. The molecule has 1 aliphatic rings. The minimum absolute atomic E-state index is 0.258. The lowest BCUT2D eigenvalue weighted by molar-refractivity contribution is 0.474. The van der Waals surface area contributed by atoms with Gasteiger partial charge in [-0.1, -0.05) is 18.2 Å². The summed E-state index contributed by atoms with van der Waals surface area (Å²) in [5, 5.41) is 12.3. The Kier molecular flexibility index (Phi) is 2.67. The highest BCUT2D eigenvalue weighted by molar-refractivity contribution is 6.18. The van der Waals surface area contributed by atoms with Gasteiger partial charge in [0.1, 0.15) is 5.75 Å². The number of aliphatic imine (C=N–C) groups is 1. The summed E-state index contributed by atoms with van der Waals surface area (Å²) in [7, 11) is 0. The van der Waals surface area contributed by atoms with Gasteiger partial charge in [-0.25, -0.2) is 0 Å². The first-order valence-electron chi connectivity index (χ1n) is 7.83. The zero-order valence-electron chi connectivity index (χ0n) is 12.8. The van der Waals surface area contributed by atoms with Crippen molar-refractivity contribution in [3.8, 4) is 5.75 Å². The maximum absolute atomic E-state index is 10.2. The number of phenolic OH excluding ortho intramolecular Hbond substituents is 1. The fourth-order valence-electron chi connectivity index (χ4n) is 3.43. The standard InChI is InChI=1S/C20H13N3O/c24-17-8-2-1-5-13(17)16-11-15-12-6-3-9-21-19(12)20-14(18(15)23-16)7-4-10-22-20/h1-10,24H,11H2. The normalized spacial score (nSPS) is 13.2. The van der Waals surface area contributed by atoms with E-state index in [1.807, 2.05) is 36.4 Å². The molecule has 0 spiro atoms. The molecule has 114 valence electrons. The Bertz CT molecular complexity index is 1150. The van der Waals surface area contributed by atoms with Crippen molar-refractivity contribution in [2.45, 2.75) is 6.42 Å². The van der Waals surface area contributed by atoms with E-state index in [1.54, 1.807) is 18.5 Å². The van der Waals surface area contributed by atoms with Crippen LogP contribution in [0.1, 0.15) is 11.1 Å². The van der Waals surface area contributed by atoms with Gasteiger partial charge in [0.2, 0.25) is 0 Å². The molecule has 1 N–H and O–H groups in total. The van der Waals surface area contributed by atoms with Crippen LogP contribution in [0.25, 0.3) is 21.8 Å². The van der Waals surface area contributed by atoms with Gasteiger partial charge in [-0.2, -0.15) is 0 Å². The van der Waals surface area contributed by atoms with Crippen molar-refractivity contribution in [3.05, 3.63) is 72.1 Å². The van der Waals surface area contributed by atoms with Gasteiger partial charge in [0.05, 0.1) is 22.4 Å². The van der Waals surface area contributed by atoms with E-state index in [1.165, 1.54) is 0 Å². The topological polar surface area (TPSA) is 58.4 Å². The number of nitrogens with zero attached hydrogens (tertiary/aromatic N) is 3. The molecule has 0 unspecified atom stereocenters. The minimum Gasteiger partial charge on any atom is -0.507 e. The van der Waals surface area contributed by atoms with Gasteiger partial charge in [-0.15, -0.1) is 0 Å². The highest BCUT2D eigenvalue weighted by Crippen LogP contribution is 2.41. The van der Waals surface area contributed by atoms with Gasteiger partial charge in [0.15, 0.2) is 0 Å². The molecule has 1 aliphatic heterocycles. The average molecular weight is 311 g/mol. The molecule has 4 aromatic rings. The summed E-state index contributed by atoms with van der Waals surface area (Å²) in [6.07, 6.45) is 4.26. The molecular formula is C20H13N3O. The Morgan fingerprint density at radius 2 is 1.50 bits per heavy atom. The first-order chi connectivity index (χ1) is 11.8. The molecule has 4 nitrogen and oxygen atoms in total. The van der Waals surface area contributed by atoms with E-state index >= 15 is 0 Å². The number of para-hydroxylation sites is 1. The van der Waals surface area contributed by atoms with Crippen molar-refractivity contribution in [1.29, 1.82) is 0 Å². The molecule has 0 fully saturated rings. The van der Waals surface area contributed by atoms with Crippen molar-refractivity contribution in [3.63, 3.8) is 0 Å². The Balaban J connectivity index is 1.85. The van der Waals surface area contributed by atoms with Crippen LogP contribution in [-0.2, 0) is 6.42 Å². The molecule has 5 rings (SSSR count). The van der Waals surface area contributed by atoms with Gasteiger partial charge in [-0.05, 0) is 35.9 Å². The fourth-order valence-corrected chi connectivity index (χ4v) is 3.43. The summed E-state index contributed by atoms with van der Waals surface area (Å²) in [6, 6.07) is 15.3. The van der Waals surface area contributed by atoms with Gasteiger partial charge in [0, 0.05) is 35.2 Å². The summed E-state index contributed by atoms with van der Waals surface area (Å²) in [6.45, 7) is 0. The predicted molar refractivity (Wildman–Crippen MR) is 95.1 cm³/mol. The second kappa shape index (κ2) is 4.86. The van der Waals surface area contributed by atoms with Crippen LogP contribution in [-0.4, -0.2) is 20.8 Å². The van der Waals surface area contributed by atoms with E-state index < -0.39 is 0 Å². The molecule has 0 radical (unpaired) electrons. The monoisotopic (exact) mass is 311 g/mol. The number of rotatable bonds is 1. The quantitative estimate of drug-likeness (QED) is 0.537. The van der Waals surface area contributed by atoms with E-state index in [2.05, 4.69) is 16.0 Å². The Hall–Kier alpha value is -3.27. The van der Waals surface area contributed by atoms with Crippen molar-refractivity contribution >= 4 is 33.2 Å². The van der Waals surface area contributed by atoms with Gasteiger partial charge in [0.25, 0.3) is 0 Å². The zero-order chi connectivity index (χ0) is 16.1. The largest absolute Gasteiger partial charge is 0.507 e.